The molecule has 1 aliphatic heterocycles. The van der Waals surface area contributed by atoms with E-state index in [0.29, 0.717) is 24.3 Å². The van der Waals surface area contributed by atoms with Crippen LogP contribution in [0.2, 0.25) is 0 Å². The first-order valence-corrected chi connectivity index (χ1v) is 9.68. The van der Waals surface area contributed by atoms with Crippen molar-refractivity contribution in [1.29, 1.82) is 0 Å². The van der Waals surface area contributed by atoms with Crippen molar-refractivity contribution >= 4 is 22.7 Å². The molecule has 1 aliphatic rings. The minimum absolute atomic E-state index is 0.118. The SMILES string of the molecule is Cc1ccc2cc(CO)c(-c3ccc(C(=O)N4CCNC(=O)C4C)cc3)nc2c1. The van der Waals surface area contributed by atoms with Crippen LogP contribution in [0, 0.1) is 6.92 Å². The number of aliphatic hydroxyl groups excluding tert-OH is 1. The summed E-state index contributed by atoms with van der Waals surface area (Å²) in [6, 6.07) is 14.7. The monoisotopic (exact) mass is 389 g/mol. The van der Waals surface area contributed by atoms with Gasteiger partial charge in [-0.1, -0.05) is 24.3 Å². The Morgan fingerprint density at radius 2 is 1.97 bits per heavy atom. The number of rotatable bonds is 3. The highest BCUT2D eigenvalue weighted by molar-refractivity contribution is 5.98. The largest absolute Gasteiger partial charge is 0.392 e. The van der Waals surface area contributed by atoms with E-state index < -0.39 is 6.04 Å². The van der Waals surface area contributed by atoms with Crippen molar-refractivity contribution < 1.29 is 14.7 Å². The second kappa shape index (κ2) is 7.64. The topological polar surface area (TPSA) is 82.5 Å². The first kappa shape index (κ1) is 19.1. The van der Waals surface area contributed by atoms with Crippen molar-refractivity contribution in [2.24, 2.45) is 0 Å². The number of fused-ring (bicyclic) bond motifs is 1. The van der Waals surface area contributed by atoms with Gasteiger partial charge in [0.1, 0.15) is 6.04 Å². The third-order valence-corrected chi connectivity index (χ3v) is 5.39. The number of nitrogens with one attached hydrogen (secondary N) is 1. The molecule has 2 N–H and O–H groups in total. The Labute approximate surface area is 169 Å². The van der Waals surface area contributed by atoms with Gasteiger partial charge in [0.2, 0.25) is 5.91 Å². The van der Waals surface area contributed by atoms with E-state index in [1.807, 2.05) is 43.3 Å². The highest BCUT2D eigenvalue weighted by Crippen LogP contribution is 2.27. The van der Waals surface area contributed by atoms with E-state index in [1.165, 1.54) is 0 Å². The Kier molecular flexibility index (Phi) is 5.03. The summed E-state index contributed by atoms with van der Waals surface area (Å²) in [6.45, 7) is 4.59. The van der Waals surface area contributed by atoms with Gasteiger partial charge >= 0.3 is 0 Å². The average Bonchev–Trinajstić information content (AvgIpc) is 2.74. The van der Waals surface area contributed by atoms with Crippen molar-refractivity contribution in [2.75, 3.05) is 13.1 Å². The fourth-order valence-corrected chi connectivity index (χ4v) is 3.69. The molecule has 2 heterocycles. The van der Waals surface area contributed by atoms with Crippen LogP contribution in [0.15, 0.2) is 48.5 Å². The van der Waals surface area contributed by atoms with Gasteiger partial charge in [0, 0.05) is 35.2 Å². The molecule has 6 nitrogen and oxygen atoms in total. The molecule has 1 fully saturated rings. The molecule has 0 bridgehead atoms. The summed E-state index contributed by atoms with van der Waals surface area (Å²) in [7, 11) is 0. The van der Waals surface area contributed by atoms with Gasteiger partial charge < -0.3 is 15.3 Å². The molecule has 0 saturated carbocycles. The number of piperazine rings is 1. The molecule has 3 aromatic rings. The van der Waals surface area contributed by atoms with Crippen LogP contribution < -0.4 is 5.32 Å². The van der Waals surface area contributed by atoms with Crippen molar-refractivity contribution in [1.82, 2.24) is 15.2 Å². The fourth-order valence-electron chi connectivity index (χ4n) is 3.69. The molecule has 29 heavy (non-hydrogen) atoms. The lowest BCUT2D eigenvalue weighted by Gasteiger charge is -2.32. The minimum Gasteiger partial charge on any atom is -0.392 e. The number of hydrogen-bond donors (Lipinski definition) is 2. The molecule has 0 spiro atoms. The van der Waals surface area contributed by atoms with Gasteiger partial charge in [-0.25, -0.2) is 4.98 Å². The summed E-state index contributed by atoms with van der Waals surface area (Å²) in [5.74, 6) is -0.298. The quantitative estimate of drug-likeness (QED) is 0.722. The molecule has 0 aliphatic carbocycles. The highest BCUT2D eigenvalue weighted by Gasteiger charge is 2.29. The molecule has 4 rings (SSSR count). The lowest BCUT2D eigenvalue weighted by atomic mass is 10.0. The Balaban J connectivity index is 1.67. The summed E-state index contributed by atoms with van der Waals surface area (Å²) in [4.78, 5) is 31.0. The minimum atomic E-state index is -0.484. The van der Waals surface area contributed by atoms with Crippen LogP contribution >= 0.6 is 0 Å². The highest BCUT2D eigenvalue weighted by atomic mass is 16.3. The summed E-state index contributed by atoms with van der Waals surface area (Å²) in [6.07, 6.45) is 0. The second-order valence-electron chi connectivity index (χ2n) is 7.39. The Bertz CT molecular complexity index is 1090. The number of benzene rings is 2. The molecule has 6 heteroatoms. The maximum atomic E-state index is 12.8. The molecule has 1 unspecified atom stereocenters. The molecular weight excluding hydrogens is 366 g/mol. The number of carbonyl (C=O) groups is 2. The van der Waals surface area contributed by atoms with Gasteiger partial charge in [0.15, 0.2) is 0 Å². The van der Waals surface area contributed by atoms with Gasteiger partial charge in [-0.3, -0.25) is 9.59 Å². The molecule has 1 atom stereocenters. The zero-order valence-corrected chi connectivity index (χ0v) is 16.5. The van der Waals surface area contributed by atoms with Crippen molar-refractivity contribution in [3.63, 3.8) is 0 Å². The number of amides is 2. The van der Waals surface area contributed by atoms with Crippen molar-refractivity contribution in [3.8, 4) is 11.3 Å². The number of nitrogens with zero attached hydrogens (tertiary/aromatic N) is 2. The van der Waals surface area contributed by atoms with Crippen LogP contribution in [0.3, 0.4) is 0 Å². The van der Waals surface area contributed by atoms with Gasteiger partial charge in [0.05, 0.1) is 17.8 Å². The Hall–Kier alpha value is -3.25. The molecular formula is C23H23N3O3. The predicted molar refractivity (Wildman–Crippen MR) is 111 cm³/mol. The first-order valence-electron chi connectivity index (χ1n) is 9.68. The van der Waals surface area contributed by atoms with E-state index in [-0.39, 0.29) is 18.4 Å². The van der Waals surface area contributed by atoms with Crippen LogP contribution in [-0.2, 0) is 11.4 Å². The van der Waals surface area contributed by atoms with E-state index >= 15 is 0 Å². The maximum Gasteiger partial charge on any atom is 0.254 e. The maximum absolute atomic E-state index is 12.8. The molecule has 1 aromatic heterocycles. The molecule has 1 saturated heterocycles. The lowest BCUT2D eigenvalue weighted by molar-refractivity contribution is -0.127. The van der Waals surface area contributed by atoms with Gasteiger partial charge in [-0.2, -0.15) is 0 Å². The third kappa shape index (κ3) is 3.59. The van der Waals surface area contributed by atoms with E-state index in [9.17, 15) is 14.7 Å². The number of carbonyl (C=O) groups excluding carboxylic acids is 2. The van der Waals surface area contributed by atoms with Gasteiger partial charge in [-0.05, 0) is 43.7 Å². The number of aryl methyl sites for hydroxylation is 1. The van der Waals surface area contributed by atoms with Crippen LogP contribution in [0.4, 0.5) is 0 Å². The summed E-state index contributed by atoms with van der Waals surface area (Å²) in [5, 5.41) is 13.6. The van der Waals surface area contributed by atoms with Crippen LogP contribution in [0.25, 0.3) is 22.2 Å². The lowest BCUT2D eigenvalue weighted by Crippen LogP contribution is -2.55. The smallest absolute Gasteiger partial charge is 0.254 e. The summed E-state index contributed by atoms with van der Waals surface area (Å²) >= 11 is 0. The summed E-state index contributed by atoms with van der Waals surface area (Å²) in [5.41, 5.74) is 4.78. The standard InChI is InChI=1S/C23H23N3O3/c1-14-3-4-18-12-19(13-27)21(25-20(18)11-14)16-5-7-17(8-6-16)23(29)26-10-9-24-22(28)15(26)2/h3-8,11-12,15,27H,9-10,13H2,1-2H3,(H,24,28). The van der Waals surface area contributed by atoms with E-state index in [2.05, 4.69) is 5.32 Å². The number of aromatic nitrogens is 1. The normalized spacial score (nSPS) is 16.7. The molecule has 2 amide bonds. The summed E-state index contributed by atoms with van der Waals surface area (Å²) < 4.78 is 0. The Morgan fingerprint density at radius 3 is 2.69 bits per heavy atom. The molecule has 2 aromatic carbocycles. The van der Waals surface area contributed by atoms with Gasteiger partial charge in [-0.15, -0.1) is 0 Å². The second-order valence-corrected chi connectivity index (χ2v) is 7.39. The fraction of sp³-hybridized carbons (Fsp3) is 0.261. The number of hydrogen-bond acceptors (Lipinski definition) is 4. The van der Waals surface area contributed by atoms with Crippen LogP contribution in [0.1, 0.15) is 28.4 Å². The number of aliphatic hydroxyl groups is 1. The number of pyridine rings is 1. The van der Waals surface area contributed by atoms with Crippen LogP contribution in [-0.4, -0.2) is 45.9 Å². The van der Waals surface area contributed by atoms with Gasteiger partial charge in [0.25, 0.3) is 5.91 Å². The van der Waals surface area contributed by atoms with E-state index in [0.717, 1.165) is 27.6 Å². The molecule has 148 valence electrons. The van der Waals surface area contributed by atoms with E-state index in [4.69, 9.17) is 4.98 Å². The van der Waals surface area contributed by atoms with Crippen molar-refractivity contribution in [3.05, 3.63) is 65.2 Å². The average molecular weight is 389 g/mol. The zero-order chi connectivity index (χ0) is 20.5. The Morgan fingerprint density at radius 1 is 1.21 bits per heavy atom. The third-order valence-electron chi connectivity index (χ3n) is 5.39. The zero-order valence-electron chi connectivity index (χ0n) is 16.5. The predicted octanol–water partition coefficient (Wildman–Crippen LogP) is 2.66. The first-order chi connectivity index (χ1) is 14.0. The van der Waals surface area contributed by atoms with E-state index in [1.54, 1.807) is 24.0 Å². The van der Waals surface area contributed by atoms with Crippen LogP contribution in [0.5, 0.6) is 0 Å². The molecule has 0 radical (unpaired) electrons. The van der Waals surface area contributed by atoms with Crippen molar-refractivity contribution in [2.45, 2.75) is 26.5 Å².